The Kier molecular flexibility index (Phi) is 25.5. The molecule has 1 fully saturated rings. The van der Waals surface area contributed by atoms with E-state index in [1.54, 1.807) is 48.5 Å². The summed E-state index contributed by atoms with van der Waals surface area (Å²) < 4.78 is 0. The van der Waals surface area contributed by atoms with Gasteiger partial charge in [-0.3, -0.25) is 47.9 Å². The smallest absolute Gasteiger partial charge is 0.245 e. The SMILES string of the molecule is C[C@@H](O)[C@@H]1NC(=O)[C@H](CCCCN)NC(=O)[C@@H](Cc2ccc(CC(=O)Cc3ccccc3)cc2)NC(=O)[C@H](Cc2ccc(O)cc2)CC(=O)[C@H](NC(=O)[C@@H](N)Cc2ccc(Cl)cc2)CNC(=O)C[C@@H](C(=O)N[C@H](Cc2ccc(O)cc2)C(N)=O)NC1=O. The number of carbonyl (C=O) groups is 10. The van der Waals surface area contributed by atoms with Crippen molar-refractivity contribution in [3.05, 3.63) is 166 Å². The van der Waals surface area contributed by atoms with Crippen molar-refractivity contribution in [3.63, 3.8) is 0 Å². The minimum atomic E-state index is -1.90. The summed E-state index contributed by atoms with van der Waals surface area (Å²) in [6, 6.07) is 22.8. The van der Waals surface area contributed by atoms with E-state index in [9.17, 15) is 63.3 Å². The Morgan fingerprint density at radius 1 is 0.632 bits per heavy atom. The normalized spacial score (nSPS) is 20.2. The maximum atomic E-state index is 15.0. The van der Waals surface area contributed by atoms with E-state index >= 15 is 0 Å². The first-order chi connectivity index (χ1) is 41.5. The molecule has 0 aromatic heterocycles. The molecule has 24 heteroatoms. The van der Waals surface area contributed by atoms with Gasteiger partial charge < -0.3 is 69.7 Å². The van der Waals surface area contributed by atoms with Gasteiger partial charge in [-0.05, 0) is 115 Å². The van der Waals surface area contributed by atoms with Crippen molar-refractivity contribution in [1.29, 1.82) is 0 Å². The number of phenols is 2. The summed E-state index contributed by atoms with van der Waals surface area (Å²) in [5, 5.41) is 49.4. The van der Waals surface area contributed by atoms with E-state index < -0.39 is 127 Å². The van der Waals surface area contributed by atoms with Gasteiger partial charge in [0.2, 0.25) is 47.3 Å². The number of Topliss-reactive ketones (excluding diaryl/α,β-unsaturated/α-hetero) is 2. The Balaban J connectivity index is 1.40. The number of unbranched alkanes of at least 4 members (excludes halogenated alkanes) is 1. The molecular formula is C63H75ClN10O13. The third-order valence-electron chi connectivity index (χ3n) is 14.6. The third-order valence-corrected chi connectivity index (χ3v) is 14.8. The number of nitrogens with two attached hydrogens (primary N) is 3. The molecule has 5 aromatic rings. The first kappa shape index (κ1) is 67.1. The maximum absolute atomic E-state index is 15.0. The molecule has 0 saturated carbocycles. The van der Waals surface area contributed by atoms with Crippen molar-refractivity contribution in [3.8, 4) is 11.5 Å². The minimum absolute atomic E-state index is 0.0297. The van der Waals surface area contributed by atoms with Crippen molar-refractivity contribution in [2.75, 3.05) is 13.1 Å². The van der Waals surface area contributed by atoms with E-state index in [1.807, 2.05) is 30.3 Å². The van der Waals surface area contributed by atoms with Crippen LogP contribution < -0.4 is 54.4 Å². The molecule has 87 heavy (non-hydrogen) atoms. The molecular weight excluding hydrogens is 1140 g/mol. The molecule has 6 rings (SSSR count). The third kappa shape index (κ3) is 21.8. The van der Waals surface area contributed by atoms with Crippen LogP contribution in [-0.4, -0.2) is 136 Å². The van der Waals surface area contributed by atoms with Crippen molar-refractivity contribution >= 4 is 70.4 Å². The number of amides is 8. The van der Waals surface area contributed by atoms with E-state index in [0.29, 0.717) is 39.3 Å². The zero-order valence-electron chi connectivity index (χ0n) is 48.0. The molecule has 0 bridgehead atoms. The molecule has 0 unspecified atom stereocenters. The van der Waals surface area contributed by atoms with Crippen LogP contribution in [0.4, 0.5) is 0 Å². The summed E-state index contributed by atoms with van der Waals surface area (Å²) in [5.74, 6) is -10.3. The highest BCUT2D eigenvalue weighted by Gasteiger charge is 2.37. The number of ketones is 2. The summed E-state index contributed by atoms with van der Waals surface area (Å²) in [4.78, 5) is 142. The van der Waals surface area contributed by atoms with Gasteiger partial charge in [-0.2, -0.15) is 0 Å². The Morgan fingerprint density at radius 2 is 1.17 bits per heavy atom. The fourth-order valence-corrected chi connectivity index (χ4v) is 9.82. The Hall–Kier alpha value is -9.03. The number of phenolic OH excluding ortho intramolecular Hbond substituents is 2. The Labute approximate surface area is 508 Å². The molecule has 23 nitrogen and oxygen atoms in total. The van der Waals surface area contributed by atoms with E-state index in [4.69, 9.17) is 28.8 Å². The number of halogens is 1. The highest BCUT2D eigenvalue weighted by atomic mass is 35.5. The first-order valence-corrected chi connectivity index (χ1v) is 28.9. The predicted molar refractivity (Wildman–Crippen MR) is 322 cm³/mol. The van der Waals surface area contributed by atoms with Gasteiger partial charge in [0, 0.05) is 49.6 Å². The van der Waals surface area contributed by atoms with Crippen LogP contribution >= 0.6 is 11.6 Å². The van der Waals surface area contributed by atoms with Gasteiger partial charge in [-0.15, -0.1) is 0 Å². The van der Waals surface area contributed by atoms with Crippen LogP contribution in [0.5, 0.6) is 11.5 Å². The lowest BCUT2D eigenvalue weighted by Crippen LogP contribution is -2.62. The Bertz CT molecular complexity index is 3190. The fourth-order valence-electron chi connectivity index (χ4n) is 9.69. The molecule has 1 saturated heterocycles. The second-order valence-corrected chi connectivity index (χ2v) is 22.1. The van der Waals surface area contributed by atoms with Gasteiger partial charge in [-0.1, -0.05) is 103 Å². The number of aromatic hydroxyl groups is 2. The van der Waals surface area contributed by atoms with Crippen LogP contribution in [0.2, 0.25) is 5.02 Å². The number of rotatable bonds is 22. The number of primary amides is 1. The number of aliphatic hydroxyl groups is 1. The molecule has 0 radical (unpaired) electrons. The Morgan fingerprint density at radius 3 is 1.78 bits per heavy atom. The van der Waals surface area contributed by atoms with Gasteiger partial charge in [0.1, 0.15) is 53.5 Å². The van der Waals surface area contributed by atoms with Crippen LogP contribution in [0.25, 0.3) is 0 Å². The molecule has 5 aromatic carbocycles. The molecule has 0 aliphatic carbocycles. The molecule has 9 atom stereocenters. The highest BCUT2D eigenvalue weighted by molar-refractivity contribution is 6.30. The fraction of sp³-hybridized carbons (Fsp3) is 0.365. The average Bonchev–Trinajstić information content (AvgIpc) is 3.31. The van der Waals surface area contributed by atoms with Crippen LogP contribution in [0.1, 0.15) is 72.4 Å². The van der Waals surface area contributed by atoms with E-state index in [1.165, 1.54) is 48.5 Å². The van der Waals surface area contributed by atoms with Gasteiger partial charge in [0.05, 0.1) is 18.6 Å². The second-order valence-electron chi connectivity index (χ2n) is 21.7. The van der Waals surface area contributed by atoms with E-state index in [0.717, 1.165) is 12.5 Å². The summed E-state index contributed by atoms with van der Waals surface area (Å²) in [6.45, 7) is 0.664. The van der Waals surface area contributed by atoms with Crippen molar-refractivity contribution in [1.82, 2.24) is 37.2 Å². The predicted octanol–water partition coefficient (Wildman–Crippen LogP) is 0.703. The number of hydrogen-bond acceptors (Lipinski definition) is 15. The molecule has 8 amide bonds. The number of benzene rings is 5. The molecule has 16 N–H and O–H groups in total. The van der Waals surface area contributed by atoms with Crippen molar-refractivity contribution in [2.45, 2.75) is 126 Å². The zero-order chi connectivity index (χ0) is 63.2. The van der Waals surface area contributed by atoms with Gasteiger partial charge in [-0.25, -0.2) is 0 Å². The lowest BCUT2D eigenvalue weighted by molar-refractivity contribution is -0.138. The van der Waals surface area contributed by atoms with E-state index in [2.05, 4.69) is 37.2 Å². The number of carbonyl (C=O) groups excluding carboxylic acids is 10. The maximum Gasteiger partial charge on any atom is 0.245 e. The topological polar surface area (TPSA) is 394 Å². The zero-order valence-corrected chi connectivity index (χ0v) is 48.8. The lowest BCUT2D eigenvalue weighted by Gasteiger charge is -2.29. The average molecular weight is 1220 g/mol. The molecule has 462 valence electrons. The molecule has 1 aliphatic heterocycles. The minimum Gasteiger partial charge on any atom is -0.508 e. The van der Waals surface area contributed by atoms with Gasteiger partial charge >= 0.3 is 0 Å². The standard InChI is InChI=1S/C63H75ClN10O13/c1-36(75)56-63(87)72-52(62(86)70-50(57(67)81)31-42-18-24-46(77)25-19-42)34-55(80)68-35-53(73-59(83)48(66)30-40-14-20-44(64)21-15-40)54(79)33-43(27-38-16-22-45(76)23-17-38)58(82)71-51(61(85)69-49(60(84)74-56)9-5-6-26-65)32-41-12-10-39(11-13-41)29-47(78)28-37-7-3-2-4-8-37/h2-4,7-8,10-25,36,43,48-53,56,75-77H,5-6,9,26-35,65-66H2,1H3,(H2,67,81)(H,68,80)(H,69,85)(H,70,86)(H,71,82)(H,72,87)(H,73,83)(H,74,84)/t36-,43-,48+,49+,50-,51-,52+,53-,56+/m1/s1. The second kappa shape index (κ2) is 33.0. The largest absolute Gasteiger partial charge is 0.508 e. The van der Waals surface area contributed by atoms with Gasteiger partial charge in [0.15, 0.2) is 5.78 Å². The quantitative estimate of drug-likeness (QED) is 0.0425. The molecule has 0 spiro atoms. The lowest BCUT2D eigenvalue weighted by atomic mass is 9.90. The van der Waals surface area contributed by atoms with Crippen molar-refractivity contribution in [2.24, 2.45) is 23.1 Å². The molecule has 1 heterocycles. The summed E-state index contributed by atoms with van der Waals surface area (Å²) in [5.41, 5.74) is 21.5. The first-order valence-electron chi connectivity index (χ1n) is 28.5. The van der Waals surface area contributed by atoms with Crippen LogP contribution in [0.15, 0.2) is 127 Å². The van der Waals surface area contributed by atoms with Crippen LogP contribution in [0.3, 0.4) is 0 Å². The summed E-state index contributed by atoms with van der Waals surface area (Å²) in [7, 11) is 0. The number of nitrogens with one attached hydrogen (secondary N) is 7. The summed E-state index contributed by atoms with van der Waals surface area (Å²) >= 11 is 6.08. The highest BCUT2D eigenvalue weighted by Crippen LogP contribution is 2.20. The number of hydrogen-bond donors (Lipinski definition) is 13. The van der Waals surface area contributed by atoms with E-state index in [-0.39, 0.29) is 75.2 Å². The number of aliphatic hydroxyl groups excluding tert-OH is 1. The van der Waals surface area contributed by atoms with Crippen molar-refractivity contribution < 1.29 is 63.3 Å². The summed E-state index contributed by atoms with van der Waals surface area (Å²) in [6.07, 6.45) is -3.06. The molecule has 1 aliphatic rings. The van der Waals surface area contributed by atoms with Crippen LogP contribution in [0, 0.1) is 5.92 Å². The monoisotopic (exact) mass is 1210 g/mol. The van der Waals surface area contributed by atoms with Crippen LogP contribution in [-0.2, 0) is 86.5 Å². The van der Waals surface area contributed by atoms with Gasteiger partial charge in [0.25, 0.3) is 0 Å².